The first-order chi connectivity index (χ1) is 14.3. The van der Waals surface area contributed by atoms with Crippen LogP contribution in [-0.4, -0.2) is 15.0 Å². The Morgan fingerprint density at radius 1 is 0.900 bits per heavy atom. The van der Waals surface area contributed by atoms with Crippen LogP contribution in [0.15, 0.2) is 77.7 Å². The van der Waals surface area contributed by atoms with Crippen LogP contribution in [0.4, 0.5) is 5.69 Å². The number of benzene rings is 3. The minimum absolute atomic E-state index is 0.188. The van der Waals surface area contributed by atoms with Crippen molar-refractivity contribution in [2.75, 3.05) is 10.8 Å². The van der Waals surface area contributed by atoms with Gasteiger partial charge in [0.1, 0.15) is 12.4 Å². The summed E-state index contributed by atoms with van der Waals surface area (Å²) in [6, 6.07) is 22.4. The summed E-state index contributed by atoms with van der Waals surface area (Å²) in [6.07, 6.45) is 0. The molecule has 158 valence electrons. The van der Waals surface area contributed by atoms with E-state index in [0.29, 0.717) is 18.9 Å². The highest BCUT2D eigenvalue weighted by Gasteiger charge is 2.27. The van der Waals surface area contributed by atoms with Gasteiger partial charge in [-0.1, -0.05) is 56.3 Å². The highest BCUT2D eigenvalue weighted by molar-refractivity contribution is 7.92. The molecule has 0 radical (unpaired) electrons. The third kappa shape index (κ3) is 5.22. The van der Waals surface area contributed by atoms with E-state index < -0.39 is 10.0 Å². The fourth-order valence-electron chi connectivity index (χ4n) is 3.22. The maximum atomic E-state index is 13.5. The summed E-state index contributed by atoms with van der Waals surface area (Å²) in [5.74, 6) is 0.827. The molecule has 0 saturated carbocycles. The Balaban J connectivity index is 1.86. The molecule has 0 aliphatic carbocycles. The number of ether oxygens (including phenoxy) is 1. The van der Waals surface area contributed by atoms with Crippen LogP contribution in [-0.2, 0) is 16.6 Å². The molecule has 3 rings (SSSR count). The standard InChI is InChI=1S/C25H29NO3S/c1-19(2)17-26(25-16-20(3)10-11-21(25)4)30(27,28)24-14-12-23(13-15-24)29-18-22-8-6-5-7-9-22/h5-16,19H,17-18H2,1-4H3. The Labute approximate surface area is 180 Å². The van der Waals surface area contributed by atoms with Crippen molar-refractivity contribution in [3.05, 3.63) is 89.5 Å². The molecule has 5 heteroatoms. The molecule has 0 bridgehead atoms. The zero-order chi connectivity index (χ0) is 21.7. The quantitative estimate of drug-likeness (QED) is 0.464. The second-order valence-corrected chi connectivity index (χ2v) is 9.83. The van der Waals surface area contributed by atoms with Crippen LogP contribution >= 0.6 is 0 Å². The molecular formula is C25H29NO3S. The van der Waals surface area contributed by atoms with Gasteiger partial charge in [0.2, 0.25) is 0 Å². The molecule has 0 amide bonds. The molecule has 0 N–H and O–H groups in total. The molecular weight excluding hydrogens is 394 g/mol. The topological polar surface area (TPSA) is 46.6 Å². The van der Waals surface area contributed by atoms with Gasteiger partial charge in [-0.15, -0.1) is 0 Å². The van der Waals surface area contributed by atoms with Gasteiger partial charge >= 0.3 is 0 Å². The number of sulfonamides is 1. The van der Waals surface area contributed by atoms with Crippen molar-refractivity contribution in [3.8, 4) is 5.75 Å². The van der Waals surface area contributed by atoms with Gasteiger partial charge in [0.15, 0.2) is 0 Å². The molecule has 0 aliphatic rings. The summed E-state index contributed by atoms with van der Waals surface area (Å²) in [5, 5.41) is 0. The molecule has 0 saturated heterocycles. The maximum Gasteiger partial charge on any atom is 0.264 e. The normalized spacial score (nSPS) is 11.5. The second kappa shape index (κ2) is 9.35. The van der Waals surface area contributed by atoms with Crippen LogP contribution in [0.1, 0.15) is 30.5 Å². The van der Waals surface area contributed by atoms with E-state index in [0.717, 1.165) is 22.4 Å². The van der Waals surface area contributed by atoms with Gasteiger partial charge in [-0.05, 0) is 66.8 Å². The highest BCUT2D eigenvalue weighted by Crippen LogP contribution is 2.29. The van der Waals surface area contributed by atoms with Crippen LogP contribution < -0.4 is 9.04 Å². The van der Waals surface area contributed by atoms with Gasteiger partial charge in [-0.3, -0.25) is 4.31 Å². The number of hydrogen-bond acceptors (Lipinski definition) is 3. The summed E-state index contributed by atoms with van der Waals surface area (Å²) in [7, 11) is -3.69. The molecule has 0 atom stereocenters. The summed E-state index contributed by atoms with van der Waals surface area (Å²) >= 11 is 0. The van der Waals surface area contributed by atoms with E-state index in [1.807, 2.05) is 76.2 Å². The number of aryl methyl sites for hydroxylation is 2. The van der Waals surface area contributed by atoms with E-state index >= 15 is 0 Å². The van der Waals surface area contributed by atoms with Crippen LogP contribution in [0.2, 0.25) is 0 Å². The smallest absolute Gasteiger partial charge is 0.264 e. The molecule has 0 aliphatic heterocycles. The summed E-state index contributed by atoms with van der Waals surface area (Å²) < 4.78 is 34.3. The van der Waals surface area contributed by atoms with Gasteiger partial charge in [-0.2, -0.15) is 0 Å². The van der Waals surface area contributed by atoms with Crippen molar-refractivity contribution in [2.45, 2.75) is 39.2 Å². The van der Waals surface area contributed by atoms with Crippen LogP contribution in [0.5, 0.6) is 5.75 Å². The minimum atomic E-state index is -3.69. The molecule has 30 heavy (non-hydrogen) atoms. The average molecular weight is 424 g/mol. The Morgan fingerprint density at radius 2 is 1.57 bits per heavy atom. The molecule has 4 nitrogen and oxygen atoms in total. The van der Waals surface area contributed by atoms with Gasteiger partial charge in [0.05, 0.1) is 10.6 Å². The van der Waals surface area contributed by atoms with Crippen molar-refractivity contribution in [2.24, 2.45) is 5.92 Å². The van der Waals surface area contributed by atoms with Crippen molar-refractivity contribution in [3.63, 3.8) is 0 Å². The Kier molecular flexibility index (Phi) is 6.83. The molecule has 3 aromatic carbocycles. The Hall–Kier alpha value is -2.79. The van der Waals surface area contributed by atoms with Crippen LogP contribution in [0, 0.1) is 19.8 Å². The van der Waals surface area contributed by atoms with E-state index in [4.69, 9.17) is 4.74 Å². The number of rotatable bonds is 8. The van der Waals surface area contributed by atoms with Crippen molar-refractivity contribution < 1.29 is 13.2 Å². The molecule has 0 heterocycles. The van der Waals surface area contributed by atoms with E-state index in [2.05, 4.69) is 0 Å². The van der Waals surface area contributed by atoms with E-state index in [1.165, 1.54) is 4.31 Å². The second-order valence-electron chi connectivity index (χ2n) is 7.97. The predicted molar refractivity (Wildman–Crippen MR) is 123 cm³/mol. The first kappa shape index (κ1) is 21.9. The molecule has 3 aromatic rings. The average Bonchev–Trinajstić information content (AvgIpc) is 2.73. The van der Waals surface area contributed by atoms with Gasteiger partial charge < -0.3 is 4.74 Å². The van der Waals surface area contributed by atoms with Gasteiger partial charge in [-0.25, -0.2) is 8.42 Å². The van der Waals surface area contributed by atoms with Crippen molar-refractivity contribution in [1.29, 1.82) is 0 Å². The van der Waals surface area contributed by atoms with E-state index in [1.54, 1.807) is 24.3 Å². The lowest BCUT2D eigenvalue weighted by atomic mass is 10.1. The highest BCUT2D eigenvalue weighted by atomic mass is 32.2. The van der Waals surface area contributed by atoms with E-state index in [9.17, 15) is 8.42 Å². The van der Waals surface area contributed by atoms with Crippen molar-refractivity contribution in [1.82, 2.24) is 0 Å². The fraction of sp³-hybridized carbons (Fsp3) is 0.280. The lowest BCUT2D eigenvalue weighted by molar-refractivity contribution is 0.306. The molecule has 0 spiro atoms. The number of hydrogen-bond donors (Lipinski definition) is 0. The first-order valence-corrected chi connectivity index (χ1v) is 11.6. The summed E-state index contributed by atoms with van der Waals surface area (Å²) in [6.45, 7) is 8.82. The SMILES string of the molecule is Cc1ccc(C)c(N(CC(C)C)S(=O)(=O)c2ccc(OCc3ccccc3)cc2)c1. The molecule has 0 fully saturated rings. The Bertz CT molecular complexity index is 1080. The fourth-order valence-corrected chi connectivity index (χ4v) is 4.91. The third-order valence-corrected chi connectivity index (χ3v) is 6.62. The largest absolute Gasteiger partial charge is 0.489 e. The molecule has 0 aromatic heterocycles. The minimum Gasteiger partial charge on any atom is -0.489 e. The number of anilines is 1. The summed E-state index contributed by atoms with van der Waals surface area (Å²) in [4.78, 5) is 0.260. The van der Waals surface area contributed by atoms with Crippen LogP contribution in [0.3, 0.4) is 0 Å². The van der Waals surface area contributed by atoms with Gasteiger partial charge in [0.25, 0.3) is 10.0 Å². The predicted octanol–water partition coefficient (Wildman–Crippen LogP) is 5.73. The number of nitrogens with zero attached hydrogens (tertiary/aromatic N) is 1. The van der Waals surface area contributed by atoms with E-state index in [-0.39, 0.29) is 10.8 Å². The van der Waals surface area contributed by atoms with Crippen molar-refractivity contribution >= 4 is 15.7 Å². The summed E-state index contributed by atoms with van der Waals surface area (Å²) in [5.41, 5.74) is 3.76. The lowest BCUT2D eigenvalue weighted by Gasteiger charge is -2.28. The Morgan fingerprint density at radius 3 is 2.20 bits per heavy atom. The third-order valence-electron chi connectivity index (χ3n) is 4.82. The zero-order valence-corrected chi connectivity index (χ0v) is 18.8. The first-order valence-electron chi connectivity index (χ1n) is 10.1. The monoisotopic (exact) mass is 423 g/mol. The van der Waals surface area contributed by atoms with Crippen LogP contribution in [0.25, 0.3) is 0 Å². The van der Waals surface area contributed by atoms with Gasteiger partial charge in [0, 0.05) is 6.54 Å². The maximum absolute atomic E-state index is 13.5. The lowest BCUT2D eigenvalue weighted by Crippen LogP contribution is -2.34. The molecule has 0 unspecified atom stereocenters. The zero-order valence-electron chi connectivity index (χ0n) is 18.0.